The van der Waals surface area contributed by atoms with E-state index in [2.05, 4.69) is 16.0 Å². The molecule has 1 fully saturated rings. The van der Waals surface area contributed by atoms with E-state index in [0.29, 0.717) is 5.92 Å². The van der Waals surface area contributed by atoms with Crippen LogP contribution in [0.2, 0.25) is 0 Å². The highest BCUT2D eigenvalue weighted by molar-refractivity contribution is 5.58. The second kappa shape index (κ2) is 3.30. The van der Waals surface area contributed by atoms with Gasteiger partial charge in [0, 0.05) is 18.7 Å². The van der Waals surface area contributed by atoms with Gasteiger partial charge in [-0.2, -0.15) is 0 Å². The van der Waals surface area contributed by atoms with Gasteiger partial charge in [0.25, 0.3) is 0 Å². The Kier molecular flexibility index (Phi) is 2.16. The molecule has 0 radical (unpaired) electrons. The Hall–Kier alpha value is -0.450. The number of aliphatic imine (C=N–C) groups is 1. The van der Waals surface area contributed by atoms with Crippen LogP contribution in [0.25, 0.3) is 0 Å². The van der Waals surface area contributed by atoms with E-state index in [9.17, 15) is 0 Å². The molecule has 2 atom stereocenters. The third kappa shape index (κ3) is 1.58. The van der Waals surface area contributed by atoms with Crippen molar-refractivity contribution in [2.45, 2.75) is 25.5 Å². The maximum Gasteiger partial charge on any atom is 0.172 e. The normalized spacial score (nSPS) is 37.8. The van der Waals surface area contributed by atoms with E-state index >= 15 is 0 Å². The van der Waals surface area contributed by atoms with Crippen molar-refractivity contribution in [1.82, 2.24) is 11.0 Å². The molecule has 0 bridgehead atoms. The van der Waals surface area contributed by atoms with Crippen LogP contribution in [-0.4, -0.2) is 19.0 Å². The van der Waals surface area contributed by atoms with Crippen molar-refractivity contribution >= 4 is 6.21 Å². The van der Waals surface area contributed by atoms with Crippen LogP contribution < -0.4 is 11.0 Å². The quantitative estimate of drug-likeness (QED) is 0.526. The van der Waals surface area contributed by atoms with Crippen molar-refractivity contribution < 1.29 is 4.84 Å². The number of nitrogens with zero attached hydrogens (tertiary/aromatic N) is 1. The number of rotatable bonds is 0. The summed E-state index contributed by atoms with van der Waals surface area (Å²) in [6.07, 6.45) is 5.45. The molecule has 0 amide bonds. The van der Waals surface area contributed by atoms with Gasteiger partial charge in [0.15, 0.2) is 6.23 Å². The van der Waals surface area contributed by atoms with Crippen LogP contribution >= 0.6 is 0 Å². The predicted molar refractivity (Wildman–Crippen MR) is 41.8 cm³/mol. The van der Waals surface area contributed by atoms with E-state index in [-0.39, 0.29) is 6.23 Å². The lowest BCUT2D eigenvalue weighted by atomic mass is 9.96. The first kappa shape index (κ1) is 7.21. The minimum Gasteiger partial charge on any atom is -0.264 e. The molecule has 2 rings (SSSR count). The molecule has 2 unspecified atom stereocenters. The monoisotopic (exact) mass is 155 g/mol. The van der Waals surface area contributed by atoms with Crippen molar-refractivity contribution in [3.05, 3.63) is 0 Å². The molecule has 2 N–H and O–H groups in total. The molecule has 4 nitrogen and oxygen atoms in total. The fraction of sp³-hybridized carbons (Fsp3) is 0.857. The Morgan fingerprint density at radius 1 is 1.45 bits per heavy atom. The largest absolute Gasteiger partial charge is 0.264 e. The zero-order chi connectivity index (χ0) is 7.52. The predicted octanol–water partition coefficient (Wildman–Crippen LogP) is 0.223. The summed E-state index contributed by atoms with van der Waals surface area (Å²) in [5.74, 6) is 0.600. The molecule has 11 heavy (non-hydrogen) atoms. The molecule has 4 heteroatoms. The Bertz CT molecular complexity index is 160. The van der Waals surface area contributed by atoms with E-state index in [1.165, 1.54) is 6.42 Å². The lowest BCUT2D eigenvalue weighted by Crippen LogP contribution is -2.33. The van der Waals surface area contributed by atoms with Gasteiger partial charge in [-0.15, -0.1) is 5.59 Å². The highest BCUT2D eigenvalue weighted by Crippen LogP contribution is 2.22. The van der Waals surface area contributed by atoms with E-state index in [0.717, 1.165) is 19.4 Å². The number of nitrogens with one attached hydrogen (secondary N) is 2. The van der Waals surface area contributed by atoms with Gasteiger partial charge < -0.3 is 0 Å². The summed E-state index contributed by atoms with van der Waals surface area (Å²) in [6.45, 7) is 0.969. The van der Waals surface area contributed by atoms with Gasteiger partial charge in [0.1, 0.15) is 0 Å². The number of hydrazine groups is 1. The third-order valence-corrected chi connectivity index (χ3v) is 2.21. The summed E-state index contributed by atoms with van der Waals surface area (Å²) in [4.78, 5) is 9.51. The Labute approximate surface area is 66.0 Å². The van der Waals surface area contributed by atoms with Crippen LogP contribution in [0.5, 0.6) is 0 Å². The van der Waals surface area contributed by atoms with Crippen LogP contribution in [0.3, 0.4) is 0 Å². The van der Waals surface area contributed by atoms with Crippen LogP contribution in [-0.2, 0) is 4.84 Å². The first-order valence-electron chi connectivity index (χ1n) is 4.12. The van der Waals surface area contributed by atoms with Gasteiger partial charge in [-0.25, -0.2) is 5.43 Å². The second-order valence-corrected chi connectivity index (χ2v) is 3.00. The minimum absolute atomic E-state index is 0.0405. The molecule has 0 aliphatic carbocycles. The van der Waals surface area contributed by atoms with Gasteiger partial charge in [-0.3, -0.25) is 9.83 Å². The number of hydrogen-bond donors (Lipinski definition) is 2. The topological polar surface area (TPSA) is 45.6 Å². The highest BCUT2D eigenvalue weighted by atomic mass is 16.7. The van der Waals surface area contributed by atoms with Gasteiger partial charge in [0.2, 0.25) is 0 Å². The van der Waals surface area contributed by atoms with Crippen LogP contribution in [0.1, 0.15) is 19.3 Å². The van der Waals surface area contributed by atoms with E-state index in [1.807, 2.05) is 6.21 Å². The molecular formula is C7H13N3O. The molecule has 2 aliphatic heterocycles. The molecule has 0 aromatic heterocycles. The van der Waals surface area contributed by atoms with Crippen LogP contribution in [0.4, 0.5) is 0 Å². The van der Waals surface area contributed by atoms with Crippen molar-refractivity contribution in [3.63, 3.8) is 0 Å². The smallest absolute Gasteiger partial charge is 0.172 e. The van der Waals surface area contributed by atoms with Gasteiger partial charge in [-0.1, -0.05) is 0 Å². The van der Waals surface area contributed by atoms with E-state index in [4.69, 9.17) is 4.84 Å². The summed E-state index contributed by atoms with van der Waals surface area (Å²) in [7, 11) is 0. The highest BCUT2D eigenvalue weighted by Gasteiger charge is 2.25. The summed E-state index contributed by atoms with van der Waals surface area (Å²) < 4.78 is 0. The molecule has 2 aliphatic rings. The summed E-state index contributed by atoms with van der Waals surface area (Å²) in [6, 6.07) is 0. The number of hydrogen-bond acceptors (Lipinski definition) is 4. The average Bonchev–Trinajstić information content (AvgIpc) is 2.28. The summed E-state index contributed by atoms with van der Waals surface area (Å²) in [5, 5.41) is 0. The maximum atomic E-state index is 5.25. The Balaban J connectivity index is 2.02. The third-order valence-electron chi connectivity index (χ3n) is 2.21. The zero-order valence-electron chi connectivity index (χ0n) is 6.42. The van der Waals surface area contributed by atoms with Gasteiger partial charge in [-0.05, 0) is 19.3 Å². The van der Waals surface area contributed by atoms with Crippen molar-refractivity contribution in [3.8, 4) is 0 Å². The second-order valence-electron chi connectivity index (χ2n) is 3.00. The Morgan fingerprint density at radius 3 is 3.45 bits per heavy atom. The first-order valence-corrected chi connectivity index (χ1v) is 4.12. The fourth-order valence-corrected chi connectivity index (χ4v) is 1.56. The van der Waals surface area contributed by atoms with Crippen LogP contribution in [0, 0.1) is 5.92 Å². The van der Waals surface area contributed by atoms with Crippen molar-refractivity contribution in [2.75, 3.05) is 6.54 Å². The number of fused-ring (bicyclic) bond motifs is 1. The molecular weight excluding hydrogens is 142 g/mol. The van der Waals surface area contributed by atoms with Gasteiger partial charge in [0.05, 0.1) is 0 Å². The molecule has 0 saturated carbocycles. The molecule has 2 heterocycles. The minimum atomic E-state index is 0.0405. The standard InChI is InChI=1S/C7H13N3O/c1-2-6-3-5-9-10-11-7(6)8-4-1/h4,6-7,9-10H,1-3,5H2. The molecule has 1 saturated heterocycles. The molecule has 62 valence electrons. The van der Waals surface area contributed by atoms with E-state index in [1.54, 1.807) is 0 Å². The van der Waals surface area contributed by atoms with Crippen molar-refractivity contribution in [2.24, 2.45) is 10.9 Å². The Morgan fingerprint density at radius 2 is 2.45 bits per heavy atom. The van der Waals surface area contributed by atoms with Crippen LogP contribution in [0.15, 0.2) is 4.99 Å². The fourth-order valence-electron chi connectivity index (χ4n) is 1.56. The van der Waals surface area contributed by atoms with E-state index < -0.39 is 0 Å². The lowest BCUT2D eigenvalue weighted by molar-refractivity contribution is -0.0568. The van der Waals surface area contributed by atoms with Crippen molar-refractivity contribution in [1.29, 1.82) is 0 Å². The first-order chi connectivity index (χ1) is 5.47. The SMILES string of the molecule is C1=NC2ONNCCC2CC1. The van der Waals surface area contributed by atoms with Gasteiger partial charge >= 0.3 is 0 Å². The zero-order valence-corrected chi connectivity index (χ0v) is 6.42. The molecule has 0 aromatic carbocycles. The maximum absolute atomic E-state index is 5.25. The molecule has 0 aromatic rings. The lowest BCUT2D eigenvalue weighted by Gasteiger charge is -2.22. The average molecular weight is 155 g/mol. The molecule has 0 spiro atoms. The summed E-state index contributed by atoms with van der Waals surface area (Å²) in [5.41, 5.74) is 5.64. The summed E-state index contributed by atoms with van der Waals surface area (Å²) >= 11 is 0.